The summed E-state index contributed by atoms with van der Waals surface area (Å²) in [5.41, 5.74) is 1.08. The summed E-state index contributed by atoms with van der Waals surface area (Å²) in [5.74, 6) is 2.98. The lowest BCUT2D eigenvalue weighted by Gasteiger charge is -2.57. The third-order valence-electron chi connectivity index (χ3n) is 7.58. The molecular formula is C21H31N3O. The van der Waals surface area contributed by atoms with Gasteiger partial charge in [-0.25, -0.2) is 0 Å². The predicted molar refractivity (Wildman–Crippen MR) is 96.7 cm³/mol. The Morgan fingerprint density at radius 2 is 1.76 bits per heavy atom. The molecule has 5 fully saturated rings. The van der Waals surface area contributed by atoms with Gasteiger partial charge in [0.2, 0.25) is 5.91 Å². The van der Waals surface area contributed by atoms with Crippen LogP contribution in [0.5, 0.6) is 0 Å². The molecule has 1 aromatic rings. The van der Waals surface area contributed by atoms with Crippen molar-refractivity contribution in [1.82, 2.24) is 14.7 Å². The van der Waals surface area contributed by atoms with E-state index >= 15 is 0 Å². The van der Waals surface area contributed by atoms with E-state index in [4.69, 9.17) is 0 Å². The molecule has 4 nitrogen and oxygen atoms in total. The Morgan fingerprint density at radius 1 is 1.08 bits per heavy atom. The molecule has 2 heterocycles. The maximum Gasteiger partial charge on any atom is 0.229 e. The molecule has 4 saturated carbocycles. The lowest BCUT2D eigenvalue weighted by atomic mass is 9.49. The topological polar surface area (TPSA) is 38.1 Å². The number of aryl methyl sites for hydroxylation is 1. The molecule has 0 unspecified atom stereocenters. The average Bonchev–Trinajstić information content (AvgIpc) is 2.86. The monoisotopic (exact) mass is 341 g/mol. The van der Waals surface area contributed by atoms with Crippen molar-refractivity contribution in [2.24, 2.45) is 30.2 Å². The molecule has 1 aliphatic heterocycles. The average molecular weight is 341 g/mol. The lowest BCUT2D eigenvalue weighted by Crippen LogP contribution is -2.55. The van der Waals surface area contributed by atoms with Gasteiger partial charge in [-0.2, -0.15) is 5.10 Å². The number of hydrogen-bond acceptors (Lipinski definition) is 2. The number of likely N-dealkylation sites (tertiary alicyclic amines) is 1. The largest absolute Gasteiger partial charge is 0.334 e. The molecular weight excluding hydrogens is 310 g/mol. The molecule has 136 valence electrons. The number of hydrogen-bond donors (Lipinski definition) is 0. The van der Waals surface area contributed by atoms with Gasteiger partial charge in [0, 0.05) is 19.8 Å². The van der Waals surface area contributed by atoms with Crippen LogP contribution in [0.1, 0.15) is 75.9 Å². The van der Waals surface area contributed by atoms with Crippen molar-refractivity contribution in [2.45, 2.75) is 70.3 Å². The summed E-state index contributed by atoms with van der Waals surface area (Å²) in [6, 6.07) is 2.32. The SMILES string of the molecule is Cn1ccc([C@H]2CCCCCN2C(=O)C23CC4CC(CC(C4)C2)C3)n1. The molecule has 4 bridgehead atoms. The summed E-state index contributed by atoms with van der Waals surface area (Å²) >= 11 is 0. The summed E-state index contributed by atoms with van der Waals surface area (Å²) in [6.45, 7) is 0.932. The highest BCUT2D eigenvalue weighted by molar-refractivity contribution is 5.83. The highest BCUT2D eigenvalue weighted by atomic mass is 16.2. The molecule has 1 atom stereocenters. The van der Waals surface area contributed by atoms with Crippen molar-refractivity contribution in [1.29, 1.82) is 0 Å². The van der Waals surface area contributed by atoms with Crippen LogP contribution in [-0.2, 0) is 11.8 Å². The third-order valence-corrected chi connectivity index (χ3v) is 7.58. The number of aromatic nitrogens is 2. The molecule has 4 heteroatoms. The minimum atomic E-state index is -0.0217. The highest BCUT2D eigenvalue weighted by Crippen LogP contribution is 2.61. The molecule has 6 rings (SSSR count). The van der Waals surface area contributed by atoms with E-state index in [0.29, 0.717) is 5.91 Å². The second-order valence-electron chi connectivity index (χ2n) is 9.48. The summed E-state index contributed by atoms with van der Waals surface area (Å²) < 4.78 is 1.88. The summed E-state index contributed by atoms with van der Waals surface area (Å²) in [5, 5.41) is 4.68. The van der Waals surface area contributed by atoms with E-state index in [1.807, 2.05) is 17.9 Å². The maximum atomic E-state index is 13.9. The Hall–Kier alpha value is -1.32. The van der Waals surface area contributed by atoms with Gasteiger partial charge >= 0.3 is 0 Å². The van der Waals surface area contributed by atoms with E-state index < -0.39 is 0 Å². The van der Waals surface area contributed by atoms with Crippen LogP contribution >= 0.6 is 0 Å². The van der Waals surface area contributed by atoms with Crippen LogP contribution in [-0.4, -0.2) is 27.1 Å². The van der Waals surface area contributed by atoms with Crippen LogP contribution in [0.25, 0.3) is 0 Å². The summed E-state index contributed by atoms with van der Waals surface area (Å²) in [4.78, 5) is 16.2. The normalized spacial score (nSPS) is 40.3. The molecule has 0 radical (unpaired) electrons. The van der Waals surface area contributed by atoms with Crippen LogP contribution < -0.4 is 0 Å². The van der Waals surface area contributed by atoms with Crippen molar-refractivity contribution < 1.29 is 4.79 Å². The number of carbonyl (C=O) groups is 1. The fourth-order valence-corrected chi connectivity index (χ4v) is 6.95. The number of nitrogens with zero attached hydrogens (tertiary/aromatic N) is 3. The Morgan fingerprint density at radius 3 is 2.36 bits per heavy atom. The van der Waals surface area contributed by atoms with Gasteiger partial charge in [0.25, 0.3) is 0 Å². The molecule has 0 spiro atoms. The molecule has 0 aromatic carbocycles. The molecule has 4 aliphatic carbocycles. The van der Waals surface area contributed by atoms with E-state index in [2.05, 4.69) is 16.1 Å². The van der Waals surface area contributed by atoms with Crippen molar-refractivity contribution in [3.8, 4) is 0 Å². The highest BCUT2D eigenvalue weighted by Gasteiger charge is 2.56. The summed E-state index contributed by atoms with van der Waals surface area (Å²) in [7, 11) is 1.98. The van der Waals surface area contributed by atoms with Crippen molar-refractivity contribution in [3.63, 3.8) is 0 Å². The Balaban J connectivity index is 1.46. The van der Waals surface area contributed by atoms with Crippen molar-refractivity contribution >= 4 is 5.91 Å². The first-order valence-corrected chi connectivity index (χ1v) is 10.4. The minimum absolute atomic E-state index is 0.0217. The van der Waals surface area contributed by atoms with Gasteiger partial charge in [-0.05, 0) is 75.2 Å². The summed E-state index contributed by atoms with van der Waals surface area (Å²) in [6.07, 6.45) is 14.4. The van der Waals surface area contributed by atoms with Gasteiger partial charge in [-0.1, -0.05) is 12.8 Å². The van der Waals surface area contributed by atoms with E-state index in [1.54, 1.807) is 0 Å². The zero-order valence-electron chi connectivity index (χ0n) is 15.5. The third kappa shape index (κ3) is 2.63. The molecule has 5 aliphatic rings. The van der Waals surface area contributed by atoms with E-state index in [1.165, 1.54) is 51.4 Å². The molecule has 0 N–H and O–H groups in total. The number of amides is 1. The Kier molecular flexibility index (Phi) is 3.72. The van der Waals surface area contributed by atoms with E-state index in [0.717, 1.165) is 42.8 Å². The van der Waals surface area contributed by atoms with E-state index in [9.17, 15) is 4.79 Å². The fraction of sp³-hybridized carbons (Fsp3) is 0.810. The first kappa shape index (κ1) is 15.9. The van der Waals surface area contributed by atoms with Crippen LogP contribution in [0.4, 0.5) is 0 Å². The smallest absolute Gasteiger partial charge is 0.229 e. The number of carbonyl (C=O) groups excluding carboxylic acids is 1. The van der Waals surface area contributed by atoms with Crippen molar-refractivity contribution in [2.75, 3.05) is 6.54 Å². The molecule has 25 heavy (non-hydrogen) atoms. The predicted octanol–water partition coefficient (Wildman–Crippen LogP) is 4.08. The molecule has 1 aromatic heterocycles. The maximum absolute atomic E-state index is 13.9. The quantitative estimate of drug-likeness (QED) is 0.813. The second kappa shape index (κ2) is 5.85. The van der Waals surface area contributed by atoms with Gasteiger partial charge in [-0.3, -0.25) is 9.48 Å². The second-order valence-corrected chi connectivity index (χ2v) is 9.48. The van der Waals surface area contributed by atoms with Crippen LogP contribution in [0, 0.1) is 23.2 Å². The first-order chi connectivity index (χ1) is 12.1. The van der Waals surface area contributed by atoms with Crippen LogP contribution in [0.2, 0.25) is 0 Å². The van der Waals surface area contributed by atoms with Gasteiger partial charge in [-0.15, -0.1) is 0 Å². The zero-order valence-corrected chi connectivity index (χ0v) is 15.5. The molecule has 1 saturated heterocycles. The van der Waals surface area contributed by atoms with E-state index in [-0.39, 0.29) is 11.5 Å². The van der Waals surface area contributed by atoms with Gasteiger partial charge < -0.3 is 4.90 Å². The first-order valence-electron chi connectivity index (χ1n) is 10.4. The lowest BCUT2D eigenvalue weighted by molar-refractivity contribution is -0.160. The Labute approximate surface area is 151 Å². The van der Waals surface area contributed by atoms with Gasteiger partial charge in [0.05, 0.1) is 17.2 Å². The Bertz CT molecular complexity index is 629. The van der Waals surface area contributed by atoms with Crippen molar-refractivity contribution in [3.05, 3.63) is 18.0 Å². The fourth-order valence-electron chi connectivity index (χ4n) is 6.95. The minimum Gasteiger partial charge on any atom is -0.334 e. The van der Waals surface area contributed by atoms with Gasteiger partial charge in [0.15, 0.2) is 0 Å². The standard InChI is InChI=1S/C21H31N3O/c1-23-8-6-18(22-23)19-5-3-2-4-7-24(19)20(25)21-12-15-9-16(13-21)11-17(10-15)14-21/h6,8,15-17,19H,2-5,7,9-14H2,1H3/t15?,16?,17?,19-,21?/m1/s1. The van der Waals surface area contributed by atoms with Crippen LogP contribution in [0.3, 0.4) is 0 Å². The number of rotatable bonds is 2. The van der Waals surface area contributed by atoms with Crippen LogP contribution in [0.15, 0.2) is 12.3 Å². The molecule has 1 amide bonds. The van der Waals surface area contributed by atoms with Gasteiger partial charge in [0.1, 0.15) is 0 Å². The zero-order chi connectivity index (χ0) is 17.0.